The lowest BCUT2D eigenvalue weighted by atomic mass is 9.91. The molecule has 0 aliphatic carbocycles. The average molecular weight is 481 g/mol. The quantitative estimate of drug-likeness (QED) is 0.719. The lowest BCUT2D eigenvalue weighted by Crippen LogP contribution is -2.66. The van der Waals surface area contributed by atoms with Crippen molar-refractivity contribution in [1.82, 2.24) is 19.6 Å². The van der Waals surface area contributed by atoms with E-state index in [2.05, 4.69) is 10.00 Å². The Kier molecular flexibility index (Phi) is 7.29. The molecule has 1 unspecified atom stereocenters. The number of benzene rings is 1. The van der Waals surface area contributed by atoms with E-state index in [1.54, 1.807) is 16.5 Å². The number of carboxylic acid groups (broad SMARTS) is 1. The third kappa shape index (κ3) is 5.74. The highest BCUT2D eigenvalue weighted by molar-refractivity contribution is 5.98. The minimum atomic E-state index is -5.08. The van der Waals surface area contributed by atoms with Crippen LogP contribution in [0.1, 0.15) is 18.9 Å². The standard InChI is InChI=1S/C20H25N5O2.C2HF3O2/c1-16(26)25-13-19(27)24(18-6-4-3-5-7-18)15-20(25)8-9-23(14-20)12-17-10-21-22(2)11-17;3-2(4,5)1(6)7/h3-7,10-11H,8-9,12-15H2,1-2H3;(H,6,7). The Balaban J connectivity index is 0.000000406. The van der Waals surface area contributed by atoms with Crippen molar-refractivity contribution in [3.05, 3.63) is 48.3 Å². The number of hydrogen-bond donors (Lipinski definition) is 1. The molecule has 0 bridgehead atoms. The van der Waals surface area contributed by atoms with Crippen molar-refractivity contribution in [3.8, 4) is 0 Å². The molecule has 2 fully saturated rings. The Morgan fingerprint density at radius 2 is 1.82 bits per heavy atom. The maximum Gasteiger partial charge on any atom is 0.490 e. The Bertz CT molecular complexity index is 1040. The second kappa shape index (κ2) is 9.84. The van der Waals surface area contributed by atoms with E-state index in [0.29, 0.717) is 6.54 Å². The number of aliphatic carboxylic acids is 1. The minimum absolute atomic E-state index is 0.0206. The van der Waals surface area contributed by atoms with E-state index in [9.17, 15) is 22.8 Å². The molecule has 0 radical (unpaired) electrons. The van der Waals surface area contributed by atoms with E-state index in [0.717, 1.165) is 37.3 Å². The lowest BCUT2D eigenvalue weighted by molar-refractivity contribution is -0.192. The first-order valence-corrected chi connectivity index (χ1v) is 10.5. The number of para-hydroxylation sites is 1. The number of alkyl halides is 3. The van der Waals surface area contributed by atoms with Gasteiger partial charge in [0.1, 0.15) is 6.54 Å². The van der Waals surface area contributed by atoms with Gasteiger partial charge in [-0.1, -0.05) is 18.2 Å². The second-order valence-corrected chi connectivity index (χ2v) is 8.43. The van der Waals surface area contributed by atoms with E-state index in [4.69, 9.17) is 9.90 Å². The molecule has 2 saturated heterocycles. The largest absolute Gasteiger partial charge is 0.490 e. The minimum Gasteiger partial charge on any atom is -0.475 e. The Morgan fingerprint density at radius 3 is 2.35 bits per heavy atom. The maximum atomic E-state index is 12.7. The van der Waals surface area contributed by atoms with Crippen LogP contribution in [0.4, 0.5) is 18.9 Å². The predicted molar refractivity (Wildman–Crippen MR) is 116 cm³/mol. The zero-order valence-corrected chi connectivity index (χ0v) is 18.8. The monoisotopic (exact) mass is 481 g/mol. The predicted octanol–water partition coefficient (Wildman–Crippen LogP) is 1.89. The van der Waals surface area contributed by atoms with Crippen LogP contribution in [0.15, 0.2) is 42.7 Å². The fourth-order valence-corrected chi connectivity index (χ4v) is 4.38. The highest BCUT2D eigenvalue weighted by atomic mass is 19.4. The first-order valence-electron chi connectivity index (χ1n) is 10.5. The Morgan fingerprint density at radius 1 is 1.18 bits per heavy atom. The number of hydrogen-bond acceptors (Lipinski definition) is 5. The normalized spacial score (nSPS) is 20.9. The number of nitrogens with zero attached hydrogens (tertiary/aromatic N) is 5. The molecule has 2 aliphatic heterocycles. The third-order valence-corrected chi connectivity index (χ3v) is 5.89. The van der Waals surface area contributed by atoms with E-state index >= 15 is 0 Å². The third-order valence-electron chi connectivity index (χ3n) is 5.89. The van der Waals surface area contributed by atoms with Gasteiger partial charge < -0.3 is 14.9 Å². The highest BCUT2D eigenvalue weighted by Gasteiger charge is 2.50. The summed E-state index contributed by atoms with van der Waals surface area (Å²) in [6.45, 7) is 4.72. The summed E-state index contributed by atoms with van der Waals surface area (Å²) in [4.78, 5) is 40.0. The van der Waals surface area contributed by atoms with Gasteiger partial charge in [0.25, 0.3) is 0 Å². The summed E-state index contributed by atoms with van der Waals surface area (Å²) < 4.78 is 33.5. The van der Waals surface area contributed by atoms with Crippen LogP contribution >= 0.6 is 0 Å². The number of halogens is 3. The Hall–Kier alpha value is -3.41. The molecule has 1 aromatic carbocycles. The van der Waals surface area contributed by atoms with Crippen LogP contribution in [-0.2, 0) is 28.0 Å². The molecule has 1 atom stereocenters. The number of likely N-dealkylation sites (tertiary alicyclic amines) is 1. The molecule has 0 saturated carbocycles. The molecule has 2 amide bonds. The number of amides is 2. The summed E-state index contributed by atoms with van der Waals surface area (Å²) >= 11 is 0. The summed E-state index contributed by atoms with van der Waals surface area (Å²) in [6, 6.07) is 9.74. The molecule has 1 spiro atoms. The van der Waals surface area contributed by atoms with Crippen molar-refractivity contribution in [3.63, 3.8) is 0 Å². The van der Waals surface area contributed by atoms with Crippen molar-refractivity contribution in [2.24, 2.45) is 7.05 Å². The van der Waals surface area contributed by atoms with Gasteiger partial charge >= 0.3 is 12.1 Å². The zero-order valence-electron chi connectivity index (χ0n) is 18.8. The van der Waals surface area contributed by atoms with Crippen molar-refractivity contribution in [2.45, 2.75) is 31.6 Å². The van der Waals surface area contributed by atoms with Gasteiger partial charge in [-0.3, -0.25) is 19.2 Å². The number of aryl methyl sites for hydroxylation is 1. The summed E-state index contributed by atoms with van der Waals surface area (Å²) in [5.41, 5.74) is 1.73. The number of carbonyl (C=O) groups excluding carboxylic acids is 2. The number of rotatable bonds is 3. The van der Waals surface area contributed by atoms with Gasteiger partial charge in [0.2, 0.25) is 11.8 Å². The summed E-state index contributed by atoms with van der Waals surface area (Å²) in [7, 11) is 1.91. The van der Waals surface area contributed by atoms with E-state index in [1.165, 1.54) is 0 Å². The van der Waals surface area contributed by atoms with Crippen LogP contribution in [0.3, 0.4) is 0 Å². The molecule has 184 valence electrons. The molecule has 12 heteroatoms. The van der Waals surface area contributed by atoms with E-state index < -0.39 is 12.1 Å². The molecular formula is C22H26F3N5O4. The molecule has 4 rings (SSSR count). The van der Waals surface area contributed by atoms with Gasteiger partial charge in [0.15, 0.2) is 0 Å². The molecule has 1 N–H and O–H groups in total. The van der Waals surface area contributed by atoms with Crippen LogP contribution < -0.4 is 4.90 Å². The van der Waals surface area contributed by atoms with Gasteiger partial charge in [-0.2, -0.15) is 18.3 Å². The van der Waals surface area contributed by atoms with Crippen LogP contribution in [-0.4, -0.2) is 80.4 Å². The number of carbonyl (C=O) groups is 3. The van der Waals surface area contributed by atoms with Gasteiger partial charge in [-0.05, 0) is 18.6 Å². The van der Waals surface area contributed by atoms with Crippen molar-refractivity contribution in [1.29, 1.82) is 0 Å². The maximum absolute atomic E-state index is 12.7. The van der Waals surface area contributed by atoms with Crippen molar-refractivity contribution in [2.75, 3.05) is 31.1 Å². The van der Waals surface area contributed by atoms with Crippen molar-refractivity contribution < 1.29 is 32.7 Å². The number of carboxylic acids is 1. The fourth-order valence-electron chi connectivity index (χ4n) is 4.38. The Labute approximate surface area is 194 Å². The zero-order chi connectivity index (χ0) is 25.1. The fraction of sp³-hybridized carbons (Fsp3) is 0.455. The van der Waals surface area contributed by atoms with E-state index in [-0.39, 0.29) is 23.9 Å². The molecule has 9 nitrogen and oxygen atoms in total. The van der Waals surface area contributed by atoms with Gasteiger partial charge in [-0.25, -0.2) is 4.79 Å². The molecular weight excluding hydrogens is 455 g/mol. The molecule has 2 aromatic rings. The summed E-state index contributed by atoms with van der Waals surface area (Å²) in [5, 5.41) is 11.4. The number of aromatic nitrogens is 2. The molecule has 34 heavy (non-hydrogen) atoms. The highest BCUT2D eigenvalue weighted by Crippen LogP contribution is 2.35. The van der Waals surface area contributed by atoms with Crippen LogP contribution in [0.25, 0.3) is 0 Å². The first-order chi connectivity index (χ1) is 15.9. The molecule has 1 aromatic heterocycles. The van der Waals surface area contributed by atoms with Crippen LogP contribution in [0.5, 0.6) is 0 Å². The first kappa shape index (κ1) is 25.2. The van der Waals surface area contributed by atoms with Crippen LogP contribution in [0, 0.1) is 0 Å². The second-order valence-electron chi connectivity index (χ2n) is 8.43. The van der Waals surface area contributed by atoms with Gasteiger partial charge in [0.05, 0.1) is 18.3 Å². The lowest BCUT2D eigenvalue weighted by Gasteiger charge is -2.48. The average Bonchev–Trinajstić information content (AvgIpc) is 3.36. The summed E-state index contributed by atoms with van der Waals surface area (Å²) in [6.07, 6.45) is -0.313. The topological polar surface area (TPSA) is 99.0 Å². The van der Waals surface area contributed by atoms with Gasteiger partial charge in [-0.15, -0.1) is 0 Å². The summed E-state index contributed by atoms with van der Waals surface area (Å²) in [5.74, 6) is -2.81. The van der Waals surface area contributed by atoms with Crippen molar-refractivity contribution >= 4 is 23.5 Å². The number of piperazine rings is 1. The molecule has 3 heterocycles. The van der Waals surface area contributed by atoms with Crippen LogP contribution in [0.2, 0.25) is 0 Å². The SMILES string of the molecule is CC(=O)N1CC(=O)N(c2ccccc2)CC12CCN(Cc1cnn(C)c1)C2.O=C(O)C(F)(F)F. The number of anilines is 1. The van der Waals surface area contributed by atoms with E-state index in [1.807, 2.05) is 54.7 Å². The van der Waals surface area contributed by atoms with Gasteiger partial charge in [0, 0.05) is 51.1 Å². The smallest absolute Gasteiger partial charge is 0.475 e. The molecule has 2 aliphatic rings.